The van der Waals surface area contributed by atoms with E-state index in [1.54, 1.807) is 0 Å². The first-order valence-corrected chi connectivity index (χ1v) is 8.95. The molecule has 0 radical (unpaired) electrons. The van der Waals surface area contributed by atoms with Crippen LogP contribution in [0.5, 0.6) is 0 Å². The lowest BCUT2D eigenvalue weighted by Gasteiger charge is -2.46. The zero-order chi connectivity index (χ0) is 14.3. The van der Waals surface area contributed by atoms with Gasteiger partial charge in [0.15, 0.2) is 0 Å². The summed E-state index contributed by atoms with van der Waals surface area (Å²) < 4.78 is 0. The summed E-state index contributed by atoms with van der Waals surface area (Å²) in [6.07, 6.45) is 10.0. The number of nitriles is 1. The van der Waals surface area contributed by atoms with Crippen molar-refractivity contribution >= 4 is 0 Å². The third-order valence-electron chi connectivity index (χ3n) is 6.15. The number of hydrogen-bond acceptors (Lipinski definition) is 4. The van der Waals surface area contributed by atoms with E-state index >= 15 is 0 Å². The first-order valence-electron chi connectivity index (χ1n) is 8.95. The molecule has 1 N–H and O–H groups in total. The van der Waals surface area contributed by atoms with Crippen LogP contribution in [0.3, 0.4) is 0 Å². The molecule has 2 saturated heterocycles. The number of nitrogens with one attached hydrogen (secondary N) is 1. The molecule has 2 heterocycles. The lowest BCUT2D eigenvalue weighted by atomic mass is 9.96. The van der Waals surface area contributed by atoms with Crippen molar-refractivity contribution in [3.05, 3.63) is 0 Å². The van der Waals surface area contributed by atoms with Crippen molar-refractivity contribution < 1.29 is 0 Å². The Bertz CT molecular complexity index is 427. The fourth-order valence-corrected chi connectivity index (χ4v) is 4.73. The van der Waals surface area contributed by atoms with Gasteiger partial charge in [0, 0.05) is 37.8 Å². The highest BCUT2D eigenvalue weighted by molar-refractivity contribution is 5.15. The van der Waals surface area contributed by atoms with Crippen LogP contribution < -0.4 is 5.32 Å². The summed E-state index contributed by atoms with van der Waals surface area (Å²) in [5.74, 6) is 0. The normalized spacial score (nSPS) is 41.7. The van der Waals surface area contributed by atoms with Crippen molar-refractivity contribution in [2.45, 2.75) is 75.0 Å². The van der Waals surface area contributed by atoms with Gasteiger partial charge in [-0.15, -0.1) is 0 Å². The molecule has 4 heteroatoms. The van der Waals surface area contributed by atoms with Crippen LogP contribution in [0.25, 0.3) is 0 Å². The maximum atomic E-state index is 9.66. The van der Waals surface area contributed by atoms with Gasteiger partial charge >= 0.3 is 0 Å². The summed E-state index contributed by atoms with van der Waals surface area (Å²) in [6, 6.07) is 4.69. The molecular weight excluding hydrogens is 260 g/mol. The van der Waals surface area contributed by atoms with Gasteiger partial charge in [0.05, 0.1) is 6.07 Å². The molecule has 0 aromatic heterocycles. The van der Waals surface area contributed by atoms with Gasteiger partial charge in [0.2, 0.25) is 0 Å². The Morgan fingerprint density at radius 3 is 2.62 bits per heavy atom. The van der Waals surface area contributed by atoms with E-state index in [0.29, 0.717) is 12.1 Å². The van der Waals surface area contributed by atoms with E-state index in [1.165, 1.54) is 64.7 Å². The number of fused-ring (bicyclic) bond motifs is 1. The molecule has 0 amide bonds. The molecule has 2 aliphatic heterocycles. The Morgan fingerprint density at radius 2 is 1.81 bits per heavy atom. The second kappa shape index (κ2) is 5.53. The standard InChI is InChI=1S/C17H28N4/c18-13-17(19-14-4-5-14)7-6-15(11-17)21-10-9-20-8-2-1-3-16(20)12-21/h14-16,19H,1-12H2. The van der Waals surface area contributed by atoms with Crippen LogP contribution in [0.15, 0.2) is 0 Å². The zero-order valence-electron chi connectivity index (χ0n) is 13.1. The summed E-state index contributed by atoms with van der Waals surface area (Å²) in [4.78, 5) is 5.41. The minimum Gasteiger partial charge on any atom is -0.298 e. The third kappa shape index (κ3) is 2.84. The average Bonchev–Trinajstić information content (AvgIpc) is 3.24. The maximum absolute atomic E-state index is 9.66. The quantitative estimate of drug-likeness (QED) is 0.859. The van der Waals surface area contributed by atoms with Gasteiger partial charge in [-0.05, 0) is 51.5 Å². The molecule has 4 fully saturated rings. The minimum absolute atomic E-state index is 0.213. The number of piperazine rings is 1. The first-order chi connectivity index (χ1) is 10.3. The molecule has 0 bridgehead atoms. The zero-order valence-corrected chi connectivity index (χ0v) is 13.1. The van der Waals surface area contributed by atoms with Gasteiger partial charge in [0.1, 0.15) is 5.54 Å². The fraction of sp³-hybridized carbons (Fsp3) is 0.941. The molecule has 2 saturated carbocycles. The molecule has 0 aromatic carbocycles. The number of nitrogens with zero attached hydrogens (tertiary/aromatic N) is 3. The number of hydrogen-bond donors (Lipinski definition) is 1. The van der Waals surface area contributed by atoms with Crippen LogP contribution in [0.4, 0.5) is 0 Å². The first kappa shape index (κ1) is 14.0. The van der Waals surface area contributed by atoms with Crippen molar-refractivity contribution in [2.24, 2.45) is 0 Å². The summed E-state index contributed by atoms with van der Waals surface area (Å²) in [5.41, 5.74) is -0.213. The Labute approximate surface area is 128 Å². The lowest BCUT2D eigenvalue weighted by molar-refractivity contribution is 0.0275. The molecule has 4 rings (SSSR count). The predicted octanol–water partition coefficient (Wildman–Crippen LogP) is 1.72. The van der Waals surface area contributed by atoms with Crippen LogP contribution >= 0.6 is 0 Å². The Hall–Kier alpha value is -0.630. The average molecular weight is 288 g/mol. The van der Waals surface area contributed by atoms with E-state index < -0.39 is 0 Å². The van der Waals surface area contributed by atoms with E-state index in [-0.39, 0.29) is 5.54 Å². The van der Waals surface area contributed by atoms with E-state index in [2.05, 4.69) is 21.2 Å². The highest BCUT2D eigenvalue weighted by Crippen LogP contribution is 2.37. The van der Waals surface area contributed by atoms with Gasteiger partial charge in [-0.1, -0.05) is 6.42 Å². The van der Waals surface area contributed by atoms with Crippen molar-refractivity contribution in [1.82, 2.24) is 15.1 Å². The molecule has 3 atom stereocenters. The van der Waals surface area contributed by atoms with Crippen LogP contribution in [-0.2, 0) is 0 Å². The van der Waals surface area contributed by atoms with E-state index in [4.69, 9.17) is 0 Å². The van der Waals surface area contributed by atoms with E-state index in [1.807, 2.05) is 0 Å². The summed E-state index contributed by atoms with van der Waals surface area (Å²) in [7, 11) is 0. The van der Waals surface area contributed by atoms with Gasteiger partial charge in [0.25, 0.3) is 0 Å². The van der Waals surface area contributed by atoms with Crippen molar-refractivity contribution in [3.63, 3.8) is 0 Å². The Kier molecular flexibility index (Phi) is 3.69. The molecule has 4 aliphatic rings. The smallest absolute Gasteiger partial charge is 0.108 e. The largest absolute Gasteiger partial charge is 0.298 e. The summed E-state index contributed by atoms with van der Waals surface area (Å²) >= 11 is 0. The highest BCUT2D eigenvalue weighted by Gasteiger charge is 2.45. The molecule has 0 spiro atoms. The topological polar surface area (TPSA) is 42.3 Å². The van der Waals surface area contributed by atoms with Crippen molar-refractivity contribution in [3.8, 4) is 6.07 Å². The number of piperidine rings is 1. The van der Waals surface area contributed by atoms with Gasteiger partial charge in [-0.3, -0.25) is 15.1 Å². The molecule has 116 valence electrons. The molecule has 3 unspecified atom stereocenters. The van der Waals surface area contributed by atoms with Crippen LogP contribution in [-0.4, -0.2) is 59.6 Å². The SMILES string of the molecule is N#CC1(NC2CC2)CCC(N2CCN3CCCCC3C2)C1. The van der Waals surface area contributed by atoms with Crippen molar-refractivity contribution in [1.29, 1.82) is 5.26 Å². The van der Waals surface area contributed by atoms with E-state index in [9.17, 15) is 5.26 Å². The van der Waals surface area contributed by atoms with Crippen LogP contribution in [0, 0.1) is 11.3 Å². The van der Waals surface area contributed by atoms with Crippen LogP contribution in [0.1, 0.15) is 51.4 Å². The second-order valence-electron chi connectivity index (χ2n) is 7.69. The lowest BCUT2D eigenvalue weighted by Crippen LogP contribution is -2.57. The third-order valence-corrected chi connectivity index (χ3v) is 6.15. The highest BCUT2D eigenvalue weighted by atomic mass is 15.3. The van der Waals surface area contributed by atoms with Crippen molar-refractivity contribution in [2.75, 3.05) is 26.2 Å². The Balaban J connectivity index is 1.37. The molecular formula is C17H28N4. The summed E-state index contributed by atoms with van der Waals surface area (Å²) in [6.45, 7) is 5.02. The van der Waals surface area contributed by atoms with Gasteiger partial charge < -0.3 is 0 Å². The van der Waals surface area contributed by atoms with Gasteiger partial charge in [-0.25, -0.2) is 0 Å². The Morgan fingerprint density at radius 1 is 0.952 bits per heavy atom. The van der Waals surface area contributed by atoms with E-state index in [0.717, 1.165) is 18.9 Å². The minimum atomic E-state index is -0.213. The van der Waals surface area contributed by atoms with Gasteiger partial charge in [-0.2, -0.15) is 5.26 Å². The predicted molar refractivity (Wildman–Crippen MR) is 82.9 cm³/mol. The fourth-order valence-electron chi connectivity index (χ4n) is 4.73. The molecule has 4 nitrogen and oxygen atoms in total. The molecule has 21 heavy (non-hydrogen) atoms. The number of rotatable bonds is 3. The monoisotopic (exact) mass is 288 g/mol. The molecule has 2 aliphatic carbocycles. The second-order valence-corrected chi connectivity index (χ2v) is 7.69. The van der Waals surface area contributed by atoms with Crippen LogP contribution in [0.2, 0.25) is 0 Å². The molecule has 0 aromatic rings. The summed E-state index contributed by atoms with van der Waals surface area (Å²) in [5, 5.41) is 13.3. The maximum Gasteiger partial charge on any atom is 0.108 e.